The van der Waals surface area contributed by atoms with Gasteiger partial charge in [-0.05, 0) is 53.8 Å². The monoisotopic (exact) mass is 337 g/mol. The predicted molar refractivity (Wildman–Crippen MR) is 103 cm³/mol. The molecular weight excluding hydrogens is 314 g/mol. The van der Waals surface area contributed by atoms with Crippen molar-refractivity contribution >= 4 is 28.1 Å². The minimum absolute atomic E-state index is 0.861. The smallest absolute Gasteiger partial charge is 0.133 e. The fourth-order valence-electron chi connectivity index (χ4n) is 3.39. The van der Waals surface area contributed by atoms with Crippen molar-refractivity contribution in [2.45, 2.75) is 32.4 Å². The molecule has 4 rings (SSSR count). The number of para-hydroxylation sites is 1. The SMILES string of the molecule is c1ccc2nc(N3CCCCC3)c(CNCc3ccsc3)cc2c1. The number of nitrogens with zero attached hydrogens (tertiary/aromatic N) is 2. The molecule has 2 aromatic heterocycles. The highest BCUT2D eigenvalue weighted by atomic mass is 32.1. The molecule has 1 N–H and O–H groups in total. The van der Waals surface area contributed by atoms with Crippen LogP contribution in [0, 0.1) is 0 Å². The molecule has 0 bridgehead atoms. The standard InChI is InChI=1S/C20H23N3S/c1-4-9-23(10-5-1)20-18(14-21-13-16-8-11-24-15-16)12-17-6-2-3-7-19(17)22-20/h2-3,6-8,11-12,15,21H,1,4-5,9-10,13-14H2. The molecule has 124 valence electrons. The van der Waals surface area contributed by atoms with Crippen molar-refractivity contribution < 1.29 is 0 Å². The van der Waals surface area contributed by atoms with Crippen LogP contribution in [0.2, 0.25) is 0 Å². The second-order valence-electron chi connectivity index (χ2n) is 6.45. The molecule has 0 atom stereocenters. The lowest BCUT2D eigenvalue weighted by Crippen LogP contribution is -2.31. The topological polar surface area (TPSA) is 28.2 Å². The summed E-state index contributed by atoms with van der Waals surface area (Å²) in [6, 6.07) is 12.9. The Morgan fingerprint density at radius 1 is 1.04 bits per heavy atom. The number of pyridine rings is 1. The Balaban J connectivity index is 1.60. The van der Waals surface area contributed by atoms with Gasteiger partial charge in [0.2, 0.25) is 0 Å². The van der Waals surface area contributed by atoms with Crippen LogP contribution in [0.5, 0.6) is 0 Å². The van der Waals surface area contributed by atoms with E-state index >= 15 is 0 Å². The molecular formula is C20H23N3S. The fraction of sp³-hybridized carbons (Fsp3) is 0.350. The summed E-state index contributed by atoms with van der Waals surface area (Å²) < 4.78 is 0. The van der Waals surface area contributed by atoms with Gasteiger partial charge in [0, 0.05) is 37.1 Å². The van der Waals surface area contributed by atoms with Gasteiger partial charge in [-0.2, -0.15) is 11.3 Å². The van der Waals surface area contributed by atoms with Gasteiger partial charge < -0.3 is 10.2 Å². The van der Waals surface area contributed by atoms with Gasteiger partial charge in [0.05, 0.1) is 5.52 Å². The number of hydrogen-bond donors (Lipinski definition) is 1. The molecule has 1 fully saturated rings. The van der Waals surface area contributed by atoms with Crippen LogP contribution in [-0.4, -0.2) is 18.1 Å². The Bertz CT molecular complexity index is 792. The molecule has 3 aromatic rings. The number of aromatic nitrogens is 1. The molecule has 1 aromatic carbocycles. The summed E-state index contributed by atoms with van der Waals surface area (Å²) in [5.41, 5.74) is 3.76. The van der Waals surface area contributed by atoms with Crippen LogP contribution in [0.4, 0.5) is 5.82 Å². The van der Waals surface area contributed by atoms with Crippen molar-refractivity contribution in [2.24, 2.45) is 0 Å². The zero-order chi connectivity index (χ0) is 16.2. The molecule has 1 aliphatic heterocycles. The number of thiophene rings is 1. The van der Waals surface area contributed by atoms with Gasteiger partial charge in [-0.15, -0.1) is 0 Å². The normalized spacial score (nSPS) is 15.1. The first kappa shape index (κ1) is 15.6. The van der Waals surface area contributed by atoms with Crippen LogP contribution in [0.1, 0.15) is 30.4 Å². The second-order valence-corrected chi connectivity index (χ2v) is 7.23. The molecule has 0 aliphatic carbocycles. The summed E-state index contributed by atoms with van der Waals surface area (Å²) in [5.74, 6) is 1.17. The zero-order valence-corrected chi connectivity index (χ0v) is 14.7. The molecule has 1 saturated heterocycles. The number of anilines is 1. The Morgan fingerprint density at radius 3 is 2.75 bits per heavy atom. The predicted octanol–water partition coefficient (Wildman–Crippen LogP) is 4.58. The van der Waals surface area contributed by atoms with Crippen LogP contribution < -0.4 is 10.2 Å². The van der Waals surface area contributed by atoms with E-state index in [9.17, 15) is 0 Å². The van der Waals surface area contributed by atoms with Gasteiger partial charge >= 0.3 is 0 Å². The Hall–Kier alpha value is -1.91. The number of fused-ring (bicyclic) bond motifs is 1. The summed E-state index contributed by atoms with van der Waals surface area (Å²) in [7, 11) is 0. The number of rotatable bonds is 5. The Labute approximate surface area is 147 Å². The maximum atomic E-state index is 5.00. The molecule has 4 heteroatoms. The highest BCUT2D eigenvalue weighted by Gasteiger charge is 2.16. The van der Waals surface area contributed by atoms with E-state index in [0.29, 0.717) is 0 Å². The van der Waals surface area contributed by atoms with E-state index in [0.717, 1.165) is 31.7 Å². The average Bonchev–Trinajstić information content (AvgIpc) is 3.15. The molecule has 0 unspecified atom stereocenters. The number of hydrogen-bond acceptors (Lipinski definition) is 4. The quantitative estimate of drug-likeness (QED) is 0.739. The van der Waals surface area contributed by atoms with Crippen molar-refractivity contribution in [3.63, 3.8) is 0 Å². The second kappa shape index (κ2) is 7.32. The van der Waals surface area contributed by atoms with Crippen molar-refractivity contribution in [3.05, 3.63) is 58.3 Å². The summed E-state index contributed by atoms with van der Waals surface area (Å²) in [6.45, 7) is 4.03. The minimum Gasteiger partial charge on any atom is -0.356 e. The number of piperidine rings is 1. The Kier molecular flexibility index (Phi) is 4.76. The lowest BCUT2D eigenvalue weighted by atomic mass is 10.1. The van der Waals surface area contributed by atoms with Crippen LogP contribution in [0.15, 0.2) is 47.2 Å². The van der Waals surface area contributed by atoms with Crippen molar-refractivity contribution in [1.29, 1.82) is 0 Å². The molecule has 1 aliphatic rings. The Morgan fingerprint density at radius 2 is 1.92 bits per heavy atom. The molecule has 0 radical (unpaired) electrons. The van der Waals surface area contributed by atoms with Crippen molar-refractivity contribution in [3.8, 4) is 0 Å². The van der Waals surface area contributed by atoms with Gasteiger partial charge in [-0.25, -0.2) is 4.98 Å². The third kappa shape index (κ3) is 3.45. The van der Waals surface area contributed by atoms with E-state index < -0.39 is 0 Å². The lowest BCUT2D eigenvalue weighted by Gasteiger charge is -2.30. The van der Waals surface area contributed by atoms with Gasteiger partial charge in [-0.1, -0.05) is 18.2 Å². The minimum atomic E-state index is 0.861. The molecule has 3 nitrogen and oxygen atoms in total. The molecule has 0 amide bonds. The van der Waals surface area contributed by atoms with E-state index in [4.69, 9.17) is 4.98 Å². The molecule has 24 heavy (non-hydrogen) atoms. The van der Waals surface area contributed by atoms with Crippen LogP contribution >= 0.6 is 11.3 Å². The van der Waals surface area contributed by atoms with Crippen molar-refractivity contribution in [1.82, 2.24) is 10.3 Å². The van der Waals surface area contributed by atoms with E-state index in [1.807, 2.05) is 0 Å². The van der Waals surface area contributed by atoms with Crippen LogP contribution in [-0.2, 0) is 13.1 Å². The van der Waals surface area contributed by atoms with E-state index in [1.54, 1.807) is 11.3 Å². The molecule has 0 saturated carbocycles. The summed E-state index contributed by atoms with van der Waals surface area (Å²) in [6.07, 6.45) is 3.89. The highest BCUT2D eigenvalue weighted by Crippen LogP contribution is 2.26. The number of benzene rings is 1. The largest absolute Gasteiger partial charge is 0.356 e. The first-order chi connectivity index (χ1) is 11.9. The van der Waals surface area contributed by atoms with Crippen molar-refractivity contribution in [2.75, 3.05) is 18.0 Å². The first-order valence-electron chi connectivity index (χ1n) is 8.75. The third-order valence-corrected chi connectivity index (χ3v) is 5.39. The molecule has 3 heterocycles. The van der Waals surface area contributed by atoms with E-state index in [1.165, 1.54) is 41.6 Å². The molecule has 0 spiro atoms. The summed E-state index contributed by atoms with van der Waals surface area (Å²) in [5, 5.41) is 9.15. The van der Waals surface area contributed by atoms with Gasteiger partial charge in [0.25, 0.3) is 0 Å². The van der Waals surface area contributed by atoms with Gasteiger partial charge in [0.1, 0.15) is 5.82 Å². The zero-order valence-electron chi connectivity index (χ0n) is 13.9. The van der Waals surface area contributed by atoms with E-state index in [-0.39, 0.29) is 0 Å². The first-order valence-corrected chi connectivity index (χ1v) is 9.70. The average molecular weight is 337 g/mol. The van der Waals surface area contributed by atoms with Crippen LogP contribution in [0.25, 0.3) is 10.9 Å². The maximum Gasteiger partial charge on any atom is 0.133 e. The third-order valence-electron chi connectivity index (χ3n) is 4.66. The highest BCUT2D eigenvalue weighted by molar-refractivity contribution is 7.07. The fourth-order valence-corrected chi connectivity index (χ4v) is 4.06. The van der Waals surface area contributed by atoms with E-state index in [2.05, 4.69) is 57.4 Å². The summed E-state index contributed by atoms with van der Waals surface area (Å²) >= 11 is 1.75. The van der Waals surface area contributed by atoms with Gasteiger partial charge in [0.15, 0.2) is 0 Å². The maximum absolute atomic E-state index is 5.00. The summed E-state index contributed by atoms with van der Waals surface area (Å²) in [4.78, 5) is 7.47. The number of nitrogens with one attached hydrogen (secondary N) is 1. The van der Waals surface area contributed by atoms with Crippen LogP contribution in [0.3, 0.4) is 0 Å². The lowest BCUT2D eigenvalue weighted by molar-refractivity contribution is 0.570. The van der Waals surface area contributed by atoms with Gasteiger partial charge in [-0.3, -0.25) is 0 Å².